The first-order valence-electron chi connectivity index (χ1n) is 5.12. The van der Waals surface area contributed by atoms with Gasteiger partial charge in [0, 0.05) is 7.05 Å². The summed E-state index contributed by atoms with van der Waals surface area (Å²) < 4.78 is 1.53. The Balaban J connectivity index is 2.11. The highest BCUT2D eigenvalue weighted by molar-refractivity contribution is 5.20. The molecule has 1 aromatic carbocycles. The van der Waals surface area contributed by atoms with E-state index in [9.17, 15) is 0 Å². The minimum absolute atomic E-state index is 0.217. The fraction of sp³-hybridized carbons (Fsp3) is 0.273. The van der Waals surface area contributed by atoms with Gasteiger partial charge in [0.05, 0.1) is 6.04 Å². The molecule has 1 atom stereocenters. The molecule has 2 rings (SSSR count). The Kier molecular flexibility index (Phi) is 2.87. The van der Waals surface area contributed by atoms with Crippen molar-refractivity contribution >= 4 is 5.95 Å². The molecule has 0 aliphatic heterocycles. The lowest BCUT2D eigenvalue weighted by Gasteiger charge is -2.06. The van der Waals surface area contributed by atoms with Gasteiger partial charge in [0.15, 0.2) is 5.82 Å². The molecule has 0 saturated carbocycles. The van der Waals surface area contributed by atoms with Gasteiger partial charge < -0.3 is 11.5 Å². The van der Waals surface area contributed by atoms with Gasteiger partial charge in [-0.25, -0.2) is 4.68 Å². The minimum Gasteiger partial charge on any atom is -0.368 e. The van der Waals surface area contributed by atoms with Gasteiger partial charge in [0.1, 0.15) is 0 Å². The van der Waals surface area contributed by atoms with Crippen molar-refractivity contribution in [2.75, 3.05) is 5.73 Å². The molecule has 84 valence electrons. The molecule has 5 nitrogen and oxygen atoms in total. The maximum Gasteiger partial charge on any atom is 0.218 e. The number of rotatable bonds is 3. The SMILES string of the molecule is Cn1nc(C(N)Cc2ccccc2)nc1N. The lowest BCUT2D eigenvalue weighted by Crippen LogP contribution is -2.15. The fourth-order valence-corrected chi connectivity index (χ4v) is 1.53. The van der Waals surface area contributed by atoms with Crippen LogP contribution in [0.5, 0.6) is 0 Å². The maximum atomic E-state index is 6.02. The van der Waals surface area contributed by atoms with Crippen LogP contribution in [-0.2, 0) is 13.5 Å². The highest BCUT2D eigenvalue weighted by Crippen LogP contribution is 2.13. The summed E-state index contributed by atoms with van der Waals surface area (Å²) >= 11 is 0. The van der Waals surface area contributed by atoms with Gasteiger partial charge in [-0.3, -0.25) is 0 Å². The summed E-state index contributed by atoms with van der Waals surface area (Å²) in [6.07, 6.45) is 0.713. The second-order valence-electron chi connectivity index (χ2n) is 3.75. The fourth-order valence-electron chi connectivity index (χ4n) is 1.53. The van der Waals surface area contributed by atoms with E-state index in [1.54, 1.807) is 7.05 Å². The zero-order valence-corrected chi connectivity index (χ0v) is 9.17. The van der Waals surface area contributed by atoms with E-state index < -0.39 is 0 Å². The Morgan fingerprint density at radius 2 is 2.00 bits per heavy atom. The third kappa shape index (κ3) is 2.20. The summed E-state index contributed by atoms with van der Waals surface area (Å²) in [6, 6.07) is 9.81. The molecule has 16 heavy (non-hydrogen) atoms. The molecule has 5 heteroatoms. The first-order valence-corrected chi connectivity index (χ1v) is 5.12. The molecule has 0 aliphatic rings. The van der Waals surface area contributed by atoms with Crippen molar-refractivity contribution < 1.29 is 0 Å². The third-order valence-corrected chi connectivity index (χ3v) is 2.44. The molecule has 0 spiro atoms. The molecular weight excluding hydrogens is 202 g/mol. The second kappa shape index (κ2) is 4.32. The average molecular weight is 217 g/mol. The first-order chi connectivity index (χ1) is 7.66. The van der Waals surface area contributed by atoms with Crippen molar-refractivity contribution in [3.63, 3.8) is 0 Å². The summed E-state index contributed by atoms with van der Waals surface area (Å²) in [5.41, 5.74) is 12.8. The highest BCUT2D eigenvalue weighted by atomic mass is 15.4. The van der Waals surface area contributed by atoms with E-state index in [0.717, 1.165) is 0 Å². The molecule has 2 aromatic rings. The molecule has 0 amide bonds. The number of hydrogen-bond acceptors (Lipinski definition) is 4. The largest absolute Gasteiger partial charge is 0.368 e. The number of nitrogens with zero attached hydrogens (tertiary/aromatic N) is 3. The van der Waals surface area contributed by atoms with E-state index in [1.807, 2.05) is 30.3 Å². The molecule has 1 aromatic heterocycles. The molecule has 0 aliphatic carbocycles. The minimum atomic E-state index is -0.217. The highest BCUT2D eigenvalue weighted by Gasteiger charge is 2.13. The first kappa shape index (κ1) is 10.6. The van der Waals surface area contributed by atoms with Crippen LogP contribution in [0.1, 0.15) is 17.4 Å². The quantitative estimate of drug-likeness (QED) is 0.790. The number of aromatic nitrogens is 3. The van der Waals surface area contributed by atoms with Crippen LogP contribution in [0.15, 0.2) is 30.3 Å². The van der Waals surface area contributed by atoms with E-state index in [2.05, 4.69) is 10.1 Å². The summed E-state index contributed by atoms with van der Waals surface area (Å²) in [4.78, 5) is 4.11. The maximum absolute atomic E-state index is 6.02. The Bertz CT molecular complexity index is 443. The smallest absolute Gasteiger partial charge is 0.218 e. The summed E-state index contributed by atoms with van der Waals surface area (Å²) in [6.45, 7) is 0. The van der Waals surface area contributed by atoms with Crippen LogP contribution >= 0.6 is 0 Å². The van der Waals surface area contributed by atoms with Crippen LogP contribution in [0.2, 0.25) is 0 Å². The Morgan fingerprint density at radius 3 is 2.56 bits per heavy atom. The Morgan fingerprint density at radius 1 is 1.31 bits per heavy atom. The number of aryl methyl sites for hydroxylation is 1. The number of nitrogens with two attached hydrogens (primary N) is 2. The van der Waals surface area contributed by atoms with E-state index in [1.165, 1.54) is 10.2 Å². The van der Waals surface area contributed by atoms with E-state index in [4.69, 9.17) is 11.5 Å². The monoisotopic (exact) mass is 217 g/mol. The van der Waals surface area contributed by atoms with Crippen LogP contribution in [0.4, 0.5) is 5.95 Å². The van der Waals surface area contributed by atoms with Crippen molar-refractivity contribution in [1.29, 1.82) is 0 Å². The summed E-state index contributed by atoms with van der Waals surface area (Å²) in [5, 5.41) is 4.16. The van der Waals surface area contributed by atoms with Gasteiger partial charge in [0.2, 0.25) is 5.95 Å². The van der Waals surface area contributed by atoms with Gasteiger partial charge in [-0.2, -0.15) is 10.1 Å². The average Bonchev–Trinajstić information content (AvgIpc) is 2.61. The molecule has 0 radical (unpaired) electrons. The lowest BCUT2D eigenvalue weighted by atomic mass is 10.1. The number of hydrogen-bond donors (Lipinski definition) is 2. The van der Waals surface area contributed by atoms with Crippen molar-refractivity contribution in [1.82, 2.24) is 14.8 Å². The van der Waals surface area contributed by atoms with Gasteiger partial charge in [-0.15, -0.1) is 0 Å². The number of benzene rings is 1. The van der Waals surface area contributed by atoms with Crippen molar-refractivity contribution in [2.24, 2.45) is 12.8 Å². The number of nitrogen functional groups attached to an aromatic ring is 1. The molecule has 1 unspecified atom stereocenters. The third-order valence-electron chi connectivity index (χ3n) is 2.44. The second-order valence-corrected chi connectivity index (χ2v) is 3.75. The number of anilines is 1. The normalized spacial score (nSPS) is 12.6. The molecule has 1 heterocycles. The summed E-state index contributed by atoms with van der Waals surface area (Å²) in [5.74, 6) is 0.974. The predicted molar refractivity (Wildman–Crippen MR) is 62.5 cm³/mol. The van der Waals surface area contributed by atoms with Crippen LogP contribution in [0.25, 0.3) is 0 Å². The van der Waals surface area contributed by atoms with Gasteiger partial charge >= 0.3 is 0 Å². The molecule has 4 N–H and O–H groups in total. The zero-order valence-electron chi connectivity index (χ0n) is 9.17. The van der Waals surface area contributed by atoms with Gasteiger partial charge in [-0.1, -0.05) is 30.3 Å². The Labute approximate surface area is 94.1 Å². The molecule has 0 saturated heterocycles. The van der Waals surface area contributed by atoms with Crippen LogP contribution in [0.3, 0.4) is 0 Å². The molecular formula is C11H15N5. The van der Waals surface area contributed by atoms with Gasteiger partial charge in [0.25, 0.3) is 0 Å². The van der Waals surface area contributed by atoms with Crippen LogP contribution < -0.4 is 11.5 Å². The van der Waals surface area contributed by atoms with Crippen LogP contribution in [-0.4, -0.2) is 14.8 Å². The van der Waals surface area contributed by atoms with Crippen LogP contribution in [0, 0.1) is 0 Å². The topological polar surface area (TPSA) is 82.8 Å². The molecule has 0 bridgehead atoms. The summed E-state index contributed by atoms with van der Waals surface area (Å²) in [7, 11) is 1.75. The standard InChI is InChI=1S/C11H15N5/c1-16-11(13)14-10(15-16)9(12)7-8-5-3-2-4-6-8/h2-6,9H,7,12H2,1H3,(H2,13,14,15). The lowest BCUT2D eigenvalue weighted by molar-refractivity contribution is 0.648. The van der Waals surface area contributed by atoms with Crippen molar-refractivity contribution in [3.8, 4) is 0 Å². The zero-order chi connectivity index (χ0) is 11.5. The van der Waals surface area contributed by atoms with E-state index in [0.29, 0.717) is 18.2 Å². The van der Waals surface area contributed by atoms with E-state index >= 15 is 0 Å². The van der Waals surface area contributed by atoms with Crippen molar-refractivity contribution in [3.05, 3.63) is 41.7 Å². The predicted octanol–water partition coefficient (Wildman–Crippen LogP) is 0.640. The van der Waals surface area contributed by atoms with Gasteiger partial charge in [-0.05, 0) is 12.0 Å². The Hall–Kier alpha value is -1.88. The molecule has 0 fully saturated rings. The van der Waals surface area contributed by atoms with E-state index in [-0.39, 0.29) is 6.04 Å². The van der Waals surface area contributed by atoms with Crippen molar-refractivity contribution in [2.45, 2.75) is 12.5 Å².